The van der Waals surface area contributed by atoms with E-state index in [-0.39, 0.29) is 23.7 Å². The molecule has 5 heterocycles. The second-order valence-corrected chi connectivity index (χ2v) is 12.7. The predicted molar refractivity (Wildman–Crippen MR) is 161 cm³/mol. The van der Waals surface area contributed by atoms with Gasteiger partial charge in [0.05, 0.1) is 23.5 Å². The molecule has 1 N–H and O–H groups in total. The Morgan fingerprint density at radius 3 is 2.73 bits per heavy atom. The molecule has 2 atom stereocenters. The van der Waals surface area contributed by atoms with Gasteiger partial charge in [-0.25, -0.2) is 14.8 Å². The summed E-state index contributed by atoms with van der Waals surface area (Å²) in [5.41, 5.74) is 3.37. The molecule has 2 aromatic heterocycles. The molecule has 0 radical (unpaired) electrons. The molecular formula is C30H31ClN6O3S. The number of hydrogen-bond acceptors (Lipinski definition) is 8. The summed E-state index contributed by atoms with van der Waals surface area (Å²) in [6.45, 7) is 6.53. The smallest absolute Gasteiger partial charge is 0.410 e. The first-order valence-electron chi connectivity index (χ1n) is 14.1. The number of thiazole rings is 1. The Hall–Kier alpha value is -3.47. The maximum atomic E-state index is 13.9. The Morgan fingerprint density at radius 2 is 1.95 bits per heavy atom. The highest BCUT2D eigenvalue weighted by atomic mass is 35.5. The Bertz CT molecular complexity index is 1680. The summed E-state index contributed by atoms with van der Waals surface area (Å²) in [5.74, 6) is 0.653. The van der Waals surface area contributed by atoms with E-state index in [0.717, 1.165) is 54.3 Å². The van der Waals surface area contributed by atoms with E-state index in [2.05, 4.69) is 10.2 Å². The summed E-state index contributed by atoms with van der Waals surface area (Å²) >= 11 is 7.76. The third-order valence-corrected chi connectivity index (χ3v) is 9.63. The van der Waals surface area contributed by atoms with E-state index < -0.39 is 0 Å². The van der Waals surface area contributed by atoms with E-state index in [0.29, 0.717) is 41.4 Å². The number of benzene rings is 2. The van der Waals surface area contributed by atoms with E-state index in [1.54, 1.807) is 15.9 Å². The third kappa shape index (κ3) is 5.20. The number of carbonyl (C=O) groups is 1. The van der Waals surface area contributed by atoms with Crippen LogP contribution in [0.1, 0.15) is 35.5 Å². The monoisotopic (exact) mass is 590 g/mol. The standard InChI is InChI=1S/C30H31ClN6O3S/c1-18-33-27-12-24(28-32-14-23(41-28)16-35-8-2-9-35)26(34-21-7-10-36-22(11-21)17-40-30(36)39)13-25(27)29(38)37(18)15-19-3-5-20(31)6-4-19/h3-6,12-14,21-22,34H,2,7-11,15-17H2,1H3/t21-,22-/m0/s1. The van der Waals surface area contributed by atoms with Gasteiger partial charge >= 0.3 is 6.09 Å². The maximum Gasteiger partial charge on any atom is 0.410 e. The number of hydrogen-bond donors (Lipinski definition) is 1. The summed E-state index contributed by atoms with van der Waals surface area (Å²) in [4.78, 5) is 41.0. The molecule has 3 aliphatic heterocycles. The maximum absolute atomic E-state index is 13.9. The number of halogens is 1. The average molecular weight is 591 g/mol. The number of aromatic nitrogens is 3. The lowest BCUT2D eigenvalue weighted by Crippen LogP contribution is -2.45. The van der Waals surface area contributed by atoms with Crippen molar-refractivity contribution in [1.29, 1.82) is 0 Å². The van der Waals surface area contributed by atoms with Gasteiger partial charge < -0.3 is 15.0 Å². The second-order valence-electron chi connectivity index (χ2n) is 11.1. The molecule has 41 heavy (non-hydrogen) atoms. The lowest BCUT2D eigenvalue weighted by atomic mass is 9.97. The first kappa shape index (κ1) is 26.4. The molecule has 4 aromatic rings. The van der Waals surface area contributed by atoms with Crippen LogP contribution >= 0.6 is 22.9 Å². The molecule has 9 nitrogen and oxygen atoms in total. The van der Waals surface area contributed by atoms with E-state index in [4.69, 9.17) is 26.3 Å². The molecule has 7 rings (SSSR count). The van der Waals surface area contributed by atoms with Crippen LogP contribution in [0.4, 0.5) is 10.5 Å². The van der Waals surface area contributed by atoms with E-state index >= 15 is 0 Å². The van der Waals surface area contributed by atoms with Crippen LogP contribution in [-0.2, 0) is 17.8 Å². The lowest BCUT2D eigenvalue weighted by molar-refractivity contribution is 0.153. The zero-order valence-electron chi connectivity index (χ0n) is 22.8. The molecule has 0 spiro atoms. The molecule has 0 aliphatic carbocycles. The fourth-order valence-corrected chi connectivity index (χ4v) is 7.06. The van der Waals surface area contributed by atoms with Crippen molar-refractivity contribution in [3.8, 4) is 10.6 Å². The number of rotatable bonds is 7. The van der Waals surface area contributed by atoms with Gasteiger partial charge in [0.25, 0.3) is 5.56 Å². The third-order valence-electron chi connectivity index (χ3n) is 8.36. The Morgan fingerprint density at radius 1 is 1.12 bits per heavy atom. The first-order valence-corrected chi connectivity index (χ1v) is 15.3. The number of anilines is 1. The number of nitrogens with zero attached hydrogens (tertiary/aromatic N) is 5. The fraction of sp³-hybridized carbons (Fsp3) is 0.400. The van der Waals surface area contributed by atoms with Crippen LogP contribution in [0.2, 0.25) is 5.02 Å². The van der Waals surface area contributed by atoms with Gasteiger partial charge in [-0.3, -0.25) is 14.3 Å². The molecule has 0 saturated carbocycles. The van der Waals surface area contributed by atoms with Gasteiger partial charge in [-0.05, 0) is 69.1 Å². The molecule has 3 fully saturated rings. The highest BCUT2D eigenvalue weighted by Crippen LogP contribution is 2.36. The summed E-state index contributed by atoms with van der Waals surface area (Å²) in [6.07, 6.45) is 4.58. The van der Waals surface area contributed by atoms with Crippen molar-refractivity contribution in [2.24, 2.45) is 0 Å². The van der Waals surface area contributed by atoms with Crippen molar-refractivity contribution in [3.05, 3.63) is 74.2 Å². The van der Waals surface area contributed by atoms with Crippen LogP contribution in [0, 0.1) is 6.92 Å². The van der Waals surface area contributed by atoms with Gasteiger partial charge in [0.2, 0.25) is 0 Å². The minimum atomic E-state index is -0.222. The van der Waals surface area contributed by atoms with Gasteiger partial charge in [0.1, 0.15) is 17.4 Å². The Balaban J connectivity index is 1.26. The van der Waals surface area contributed by atoms with Gasteiger partial charge in [0, 0.05) is 46.5 Å². The average Bonchev–Trinajstić information content (AvgIpc) is 3.56. The number of nitrogens with one attached hydrogen (secondary N) is 1. The molecular weight excluding hydrogens is 560 g/mol. The molecule has 0 bridgehead atoms. The summed E-state index contributed by atoms with van der Waals surface area (Å²) in [6, 6.07) is 11.7. The molecule has 3 saturated heterocycles. The fourth-order valence-electron chi connectivity index (χ4n) is 5.95. The normalized spacial score (nSPS) is 20.6. The van der Waals surface area contributed by atoms with Crippen LogP contribution in [0.5, 0.6) is 0 Å². The van der Waals surface area contributed by atoms with Gasteiger partial charge in [-0.15, -0.1) is 11.3 Å². The van der Waals surface area contributed by atoms with Crippen LogP contribution in [0.25, 0.3) is 21.5 Å². The number of aryl methyl sites for hydroxylation is 1. The molecule has 1 amide bonds. The summed E-state index contributed by atoms with van der Waals surface area (Å²) < 4.78 is 6.99. The second kappa shape index (κ2) is 10.7. The minimum absolute atomic E-state index is 0.0709. The molecule has 3 aliphatic rings. The number of piperidine rings is 1. The van der Waals surface area contributed by atoms with Crippen molar-refractivity contribution >= 4 is 45.6 Å². The van der Waals surface area contributed by atoms with Crippen molar-refractivity contribution in [1.82, 2.24) is 24.3 Å². The Labute approximate surface area is 246 Å². The van der Waals surface area contributed by atoms with Crippen molar-refractivity contribution < 1.29 is 9.53 Å². The molecule has 0 unspecified atom stereocenters. The Kier molecular flexibility index (Phi) is 6.92. The highest BCUT2D eigenvalue weighted by molar-refractivity contribution is 7.15. The summed E-state index contributed by atoms with van der Waals surface area (Å²) in [5, 5.41) is 5.86. The number of likely N-dealkylation sites (tertiary alicyclic amines) is 1. The van der Waals surface area contributed by atoms with Crippen LogP contribution in [0.15, 0.2) is 47.4 Å². The van der Waals surface area contributed by atoms with Crippen molar-refractivity contribution in [2.45, 2.75) is 51.4 Å². The molecule has 11 heteroatoms. The van der Waals surface area contributed by atoms with Gasteiger partial charge in [-0.2, -0.15) is 0 Å². The van der Waals surface area contributed by atoms with E-state index in [1.807, 2.05) is 54.4 Å². The predicted octanol–water partition coefficient (Wildman–Crippen LogP) is 5.13. The van der Waals surface area contributed by atoms with Gasteiger partial charge in [-0.1, -0.05) is 23.7 Å². The molecule has 2 aromatic carbocycles. The van der Waals surface area contributed by atoms with Crippen LogP contribution in [-0.4, -0.2) is 68.8 Å². The van der Waals surface area contributed by atoms with E-state index in [9.17, 15) is 9.59 Å². The minimum Gasteiger partial charge on any atom is -0.447 e. The largest absolute Gasteiger partial charge is 0.447 e. The van der Waals surface area contributed by atoms with Crippen molar-refractivity contribution in [3.63, 3.8) is 0 Å². The number of fused-ring (bicyclic) bond motifs is 2. The topological polar surface area (TPSA) is 92.6 Å². The number of amides is 1. The zero-order chi connectivity index (χ0) is 28.1. The highest BCUT2D eigenvalue weighted by Gasteiger charge is 2.38. The lowest BCUT2D eigenvalue weighted by Gasteiger charge is -2.33. The first-order chi connectivity index (χ1) is 19.9. The SMILES string of the molecule is Cc1nc2cc(-c3ncc(CN4CCC4)s3)c(N[C@H]3CCN4C(=O)OC[C@@H]4C3)cc2c(=O)n1Cc1ccc(Cl)cc1. The van der Waals surface area contributed by atoms with Gasteiger partial charge in [0.15, 0.2) is 0 Å². The van der Waals surface area contributed by atoms with Crippen LogP contribution < -0.4 is 10.9 Å². The quantitative estimate of drug-likeness (QED) is 0.319. The van der Waals surface area contributed by atoms with E-state index in [1.165, 1.54) is 11.3 Å². The summed E-state index contributed by atoms with van der Waals surface area (Å²) in [7, 11) is 0. The van der Waals surface area contributed by atoms with Crippen molar-refractivity contribution in [2.75, 3.05) is 31.6 Å². The number of carbonyl (C=O) groups excluding carboxylic acids is 1. The van der Waals surface area contributed by atoms with Crippen LogP contribution in [0.3, 0.4) is 0 Å². The number of cyclic esters (lactones) is 1. The molecule has 212 valence electrons. The number of ether oxygens (including phenoxy) is 1. The zero-order valence-corrected chi connectivity index (χ0v) is 24.4.